The summed E-state index contributed by atoms with van der Waals surface area (Å²) in [6.07, 6.45) is 1.61. The van der Waals surface area contributed by atoms with Crippen molar-refractivity contribution in [3.05, 3.63) is 107 Å². The predicted molar refractivity (Wildman–Crippen MR) is 134 cm³/mol. The van der Waals surface area contributed by atoms with Crippen molar-refractivity contribution >= 4 is 23.9 Å². The van der Waals surface area contributed by atoms with Gasteiger partial charge in [0.15, 0.2) is 0 Å². The molecule has 0 fully saturated rings. The first-order valence-corrected chi connectivity index (χ1v) is 11.2. The van der Waals surface area contributed by atoms with Crippen molar-refractivity contribution in [2.75, 3.05) is 0 Å². The third-order valence-electron chi connectivity index (χ3n) is 4.98. The second-order valence-corrected chi connectivity index (χ2v) is 8.17. The molecule has 3 N–H and O–H groups in total. The first-order chi connectivity index (χ1) is 16.8. The maximum absolute atomic E-state index is 13.1. The smallest absolute Gasteiger partial charge is 0.326 e. The number of carboxylic acids is 1. The lowest BCUT2D eigenvalue weighted by Gasteiger charge is -2.17. The number of benzene rings is 3. The normalized spacial score (nSPS) is 12.0. The fourth-order valence-corrected chi connectivity index (χ4v) is 3.31. The molecule has 7 nitrogen and oxygen atoms in total. The van der Waals surface area contributed by atoms with Gasteiger partial charge < -0.3 is 20.5 Å². The van der Waals surface area contributed by atoms with Crippen molar-refractivity contribution in [3.63, 3.8) is 0 Å². The molecule has 180 valence electrons. The molecule has 0 aliphatic carbocycles. The van der Waals surface area contributed by atoms with E-state index in [2.05, 4.69) is 10.6 Å². The number of carboxylic acid groups (broad SMARTS) is 1. The van der Waals surface area contributed by atoms with Crippen LogP contribution in [0, 0.1) is 0 Å². The third kappa shape index (κ3) is 7.85. The molecule has 3 aromatic rings. The maximum Gasteiger partial charge on any atom is 0.326 e. The third-order valence-corrected chi connectivity index (χ3v) is 4.98. The highest BCUT2D eigenvalue weighted by Crippen LogP contribution is 2.16. The topological polar surface area (TPSA) is 105 Å². The van der Waals surface area contributed by atoms with Gasteiger partial charge in [-0.25, -0.2) is 4.79 Å². The van der Waals surface area contributed by atoms with Crippen LogP contribution in [0.4, 0.5) is 0 Å². The van der Waals surface area contributed by atoms with E-state index < -0.39 is 23.8 Å². The Kier molecular flexibility index (Phi) is 8.78. The summed E-state index contributed by atoms with van der Waals surface area (Å²) in [6, 6.07) is 23.3. The summed E-state index contributed by atoms with van der Waals surface area (Å²) < 4.78 is 5.64. The zero-order chi connectivity index (χ0) is 25.2. The van der Waals surface area contributed by atoms with Crippen LogP contribution in [0.15, 0.2) is 90.6 Å². The van der Waals surface area contributed by atoms with Crippen molar-refractivity contribution in [2.45, 2.75) is 32.4 Å². The van der Waals surface area contributed by atoms with E-state index in [1.54, 1.807) is 78.9 Å². The highest BCUT2D eigenvalue weighted by atomic mass is 16.5. The quantitative estimate of drug-likeness (QED) is 0.386. The Hall–Kier alpha value is -4.39. The minimum Gasteiger partial charge on any atom is -0.491 e. The molecule has 3 aromatic carbocycles. The minimum atomic E-state index is -1.18. The van der Waals surface area contributed by atoms with Gasteiger partial charge in [0.1, 0.15) is 17.5 Å². The predicted octanol–water partition coefficient (Wildman–Crippen LogP) is 4.06. The fraction of sp³-hybridized carbons (Fsp3) is 0.179. The van der Waals surface area contributed by atoms with Gasteiger partial charge in [0.25, 0.3) is 11.8 Å². The molecular formula is C28H28N2O5. The van der Waals surface area contributed by atoms with Gasteiger partial charge >= 0.3 is 5.97 Å². The summed E-state index contributed by atoms with van der Waals surface area (Å²) in [5.41, 5.74) is 1.69. The lowest BCUT2D eigenvalue weighted by molar-refractivity contribution is -0.141. The number of ether oxygens (including phenoxy) is 1. The molecule has 3 rings (SSSR count). The zero-order valence-electron chi connectivity index (χ0n) is 19.6. The van der Waals surface area contributed by atoms with E-state index in [1.165, 1.54) is 6.08 Å². The summed E-state index contributed by atoms with van der Waals surface area (Å²) >= 11 is 0. The summed E-state index contributed by atoms with van der Waals surface area (Å²) in [4.78, 5) is 37.8. The molecule has 7 heteroatoms. The molecule has 1 atom stereocenters. The molecule has 0 saturated heterocycles. The lowest BCUT2D eigenvalue weighted by Crippen LogP contribution is -2.45. The van der Waals surface area contributed by atoms with Crippen LogP contribution in [0.2, 0.25) is 0 Å². The number of carbonyl (C=O) groups excluding carboxylic acids is 2. The Labute approximate surface area is 204 Å². The van der Waals surface area contributed by atoms with Crippen LogP contribution in [0.1, 0.15) is 35.3 Å². The van der Waals surface area contributed by atoms with Crippen molar-refractivity contribution in [1.29, 1.82) is 0 Å². The number of rotatable bonds is 10. The minimum absolute atomic E-state index is 0.0143. The lowest BCUT2D eigenvalue weighted by atomic mass is 10.1. The van der Waals surface area contributed by atoms with Crippen LogP contribution >= 0.6 is 0 Å². The van der Waals surface area contributed by atoms with Crippen LogP contribution < -0.4 is 15.4 Å². The standard InChI is InChI=1S/C28H28N2O5/c1-19(2)35-23-15-13-21(14-16-23)17-24(29-26(31)22-11-7-4-8-12-22)27(32)30-25(28(33)34)18-20-9-5-3-6-10-20/h3-17,19,25H,18H2,1-2H3,(H,29,31)(H,30,32)(H,33,34)/t25-/m0/s1. The molecule has 0 saturated carbocycles. The van der Waals surface area contributed by atoms with Gasteiger partial charge in [-0.1, -0.05) is 60.7 Å². The first-order valence-electron chi connectivity index (χ1n) is 11.2. The molecule has 0 unspecified atom stereocenters. The van der Waals surface area contributed by atoms with E-state index >= 15 is 0 Å². The Morgan fingerprint density at radius 3 is 2.06 bits per heavy atom. The van der Waals surface area contributed by atoms with Gasteiger partial charge in [-0.3, -0.25) is 9.59 Å². The summed E-state index contributed by atoms with van der Waals surface area (Å²) in [6.45, 7) is 3.84. The highest BCUT2D eigenvalue weighted by Gasteiger charge is 2.23. The molecule has 0 radical (unpaired) electrons. The number of amides is 2. The Morgan fingerprint density at radius 2 is 1.49 bits per heavy atom. The van der Waals surface area contributed by atoms with E-state index in [0.717, 1.165) is 5.56 Å². The molecule has 0 aromatic heterocycles. The van der Waals surface area contributed by atoms with Crippen molar-refractivity contribution in [2.24, 2.45) is 0 Å². The molecule has 0 aliphatic rings. The first kappa shape index (κ1) is 25.2. The molecular weight excluding hydrogens is 444 g/mol. The number of nitrogens with one attached hydrogen (secondary N) is 2. The number of hydrogen-bond acceptors (Lipinski definition) is 4. The van der Waals surface area contributed by atoms with Crippen molar-refractivity contribution in [1.82, 2.24) is 10.6 Å². The number of aliphatic carboxylic acids is 1. The van der Waals surface area contributed by atoms with E-state index in [1.807, 2.05) is 19.9 Å². The van der Waals surface area contributed by atoms with Gasteiger partial charge in [0.05, 0.1) is 6.10 Å². The molecule has 35 heavy (non-hydrogen) atoms. The van der Waals surface area contributed by atoms with Crippen LogP contribution in [-0.2, 0) is 16.0 Å². The Balaban J connectivity index is 1.85. The van der Waals surface area contributed by atoms with Crippen LogP contribution in [0.3, 0.4) is 0 Å². The second-order valence-electron chi connectivity index (χ2n) is 8.17. The highest BCUT2D eigenvalue weighted by molar-refractivity contribution is 6.06. The Morgan fingerprint density at radius 1 is 0.886 bits per heavy atom. The van der Waals surface area contributed by atoms with Gasteiger partial charge in [-0.05, 0) is 55.3 Å². The van der Waals surface area contributed by atoms with Crippen LogP contribution in [0.25, 0.3) is 6.08 Å². The molecule has 0 spiro atoms. The summed E-state index contributed by atoms with van der Waals surface area (Å²) in [5.74, 6) is -1.70. The van der Waals surface area contributed by atoms with Crippen LogP contribution in [0.5, 0.6) is 5.75 Å². The number of hydrogen-bond donors (Lipinski definition) is 3. The monoisotopic (exact) mass is 472 g/mol. The SMILES string of the molecule is CC(C)Oc1ccc(C=C(NC(=O)c2ccccc2)C(=O)N[C@@H](Cc2ccccc2)C(=O)O)cc1. The number of carbonyl (C=O) groups is 3. The van der Waals surface area contributed by atoms with Crippen LogP contribution in [-0.4, -0.2) is 35.0 Å². The zero-order valence-corrected chi connectivity index (χ0v) is 19.6. The van der Waals surface area contributed by atoms with Crippen molar-refractivity contribution < 1.29 is 24.2 Å². The average molecular weight is 473 g/mol. The summed E-state index contributed by atoms with van der Waals surface area (Å²) in [5, 5.41) is 14.8. The molecule has 0 heterocycles. The molecule has 0 bridgehead atoms. The van der Waals surface area contributed by atoms with E-state index in [-0.39, 0.29) is 18.2 Å². The Bertz CT molecular complexity index is 1170. The summed E-state index contributed by atoms with van der Waals surface area (Å²) in [7, 11) is 0. The molecule has 2 amide bonds. The van der Waals surface area contributed by atoms with Crippen molar-refractivity contribution in [3.8, 4) is 5.75 Å². The maximum atomic E-state index is 13.1. The van der Waals surface area contributed by atoms with Gasteiger partial charge in [0.2, 0.25) is 0 Å². The molecule has 0 aliphatic heterocycles. The average Bonchev–Trinajstić information content (AvgIpc) is 2.85. The second kappa shape index (κ2) is 12.2. The van der Waals surface area contributed by atoms with E-state index in [4.69, 9.17) is 4.74 Å². The largest absolute Gasteiger partial charge is 0.491 e. The van der Waals surface area contributed by atoms with E-state index in [0.29, 0.717) is 16.9 Å². The van der Waals surface area contributed by atoms with Gasteiger partial charge in [-0.15, -0.1) is 0 Å². The van der Waals surface area contributed by atoms with E-state index in [9.17, 15) is 19.5 Å². The van der Waals surface area contributed by atoms with Gasteiger partial charge in [-0.2, -0.15) is 0 Å². The fourth-order valence-electron chi connectivity index (χ4n) is 3.31. The van der Waals surface area contributed by atoms with Gasteiger partial charge in [0, 0.05) is 12.0 Å².